The summed E-state index contributed by atoms with van der Waals surface area (Å²) in [6.07, 6.45) is 5.62. The highest BCUT2D eigenvalue weighted by atomic mass is 32.2. The van der Waals surface area contributed by atoms with Gasteiger partial charge >= 0.3 is 0 Å². The fourth-order valence-corrected chi connectivity index (χ4v) is 1.11. The van der Waals surface area contributed by atoms with E-state index in [4.69, 9.17) is 11.1 Å². The van der Waals surface area contributed by atoms with Gasteiger partial charge < -0.3 is 16.5 Å². The predicted molar refractivity (Wildman–Crippen MR) is 77.9 cm³/mol. The lowest BCUT2D eigenvalue weighted by molar-refractivity contribution is -0.125. The zero-order valence-electron chi connectivity index (χ0n) is 10.9. The van der Waals surface area contributed by atoms with E-state index in [-0.39, 0.29) is 17.2 Å². The van der Waals surface area contributed by atoms with Crippen molar-refractivity contribution in [2.45, 2.75) is 19.4 Å². The largest absolute Gasteiger partial charge is 0.368 e. The molecule has 0 radical (unpaired) electrons. The minimum Gasteiger partial charge on any atom is -0.368 e. The molecule has 0 aromatic carbocycles. The summed E-state index contributed by atoms with van der Waals surface area (Å²) in [4.78, 5) is 22.0. The zero-order chi connectivity index (χ0) is 14.6. The molecule has 0 aliphatic heterocycles. The summed E-state index contributed by atoms with van der Waals surface area (Å²) in [5.41, 5.74) is 5.21. The number of thioether (sulfide) groups is 1. The Kier molecular flexibility index (Phi) is 12.4. The van der Waals surface area contributed by atoms with E-state index in [0.717, 1.165) is 12.6 Å². The SMILES string of the molecule is C=C(C=N)C(NC(=O)CSC)C(N)=O.C=CCC. The van der Waals surface area contributed by atoms with Gasteiger partial charge in [0.25, 0.3) is 0 Å². The summed E-state index contributed by atoms with van der Waals surface area (Å²) < 4.78 is 0. The van der Waals surface area contributed by atoms with Gasteiger partial charge in [-0.05, 0) is 18.2 Å². The maximum Gasteiger partial charge on any atom is 0.244 e. The summed E-state index contributed by atoms with van der Waals surface area (Å²) in [5, 5.41) is 9.27. The molecule has 18 heavy (non-hydrogen) atoms. The summed E-state index contributed by atoms with van der Waals surface area (Å²) in [7, 11) is 0. The van der Waals surface area contributed by atoms with Crippen molar-refractivity contribution in [2.24, 2.45) is 5.73 Å². The van der Waals surface area contributed by atoms with Crippen LogP contribution in [0.2, 0.25) is 0 Å². The average molecular weight is 271 g/mol. The second-order valence-corrected chi connectivity index (χ2v) is 4.12. The standard InChI is InChI=1S/C8H13N3O2S.C4H8/c1-5(3-9)7(8(10)13)11-6(12)4-14-2;1-3-4-2/h3,7,9H,1,4H2,2H3,(H2,10,13)(H,11,12);3H,1,4H2,2H3. The molecule has 0 aromatic rings. The highest BCUT2D eigenvalue weighted by molar-refractivity contribution is 7.99. The van der Waals surface area contributed by atoms with E-state index in [1.807, 2.05) is 6.08 Å². The molecule has 0 saturated carbocycles. The van der Waals surface area contributed by atoms with Crippen LogP contribution in [-0.2, 0) is 9.59 Å². The van der Waals surface area contributed by atoms with Gasteiger partial charge in [0.2, 0.25) is 11.8 Å². The Hall–Kier alpha value is -1.56. The van der Waals surface area contributed by atoms with Crippen molar-refractivity contribution >= 4 is 29.8 Å². The second-order valence-electron chi connectivity index (χ2n) is 3.25. The maximum atomic E-state index is 11.1. The van der Waals surface area contributed by atoms with Crippen LogP contribution in [0.4, 0.5) is 0 Å². The van der Waals surface area contributed by atoms with E-state index in [9.17, 15) is 9.59 Å². The summed E-state index contributed by atoms with van der Waals surface area (Å²) in [5.74, 6) is -0.771. The van der Waals surface area contributed by atoms with Crippen LogP contribution in [0.5, 0.6) is 0 Å². The fourth-order valence-electron chi connectivity index (χ4n) is 0.764. The molecule has 2 amide bonds. The lowest BCUT2D eigenvalue weighted by Gasteiger charge is -2.14. The van der Waals surface area contributed by atoms with Gasteiger partial charge in [0.05, 0.1) is 5.75 Å². The van der Waals surface area contributed by atoms with Gasteiger partial charge in [0.15, 0.2) is 0 Å². The molecule has 0 heterocycles. The molecule has 0 aromatic heterocycles. The van der Waals surface area contributed by atoms with Crippen molar-refractivity contribution in [1.82, 2.24) is 5.32 Å². The molecule has 0 bridgehead atoms. The van der Waals surface area contributed by atoms with Crippen molar-refractivity contribution in [3.63, 3.8) is 0 Å². The number of carbonyl (C=O) groups excluding carboxylic acids is 2. The first-order chi connectivity index (χ1) is 8.44. The number of hydrogen-bond donors (Lipinski definition) is 3. The molecular weight excluding hydrogens is 250 g/mol. The lowest BCUT2D eigenvalue weighted by atomic mass is 10.1. The van der Waals surface area contributed by atoms with Crippen LogP contribution in [0.1, 0.15) is 13.3 Å². The number of primary amides is 1. The van der Waals surface area contributed by atoms with Gasteiger partial charge in [-0.25, -0.2) is 0 Å². The number of hydrogen-bond acceptors (Lipinski definition) is 4. The molecule has 5 nitrogen and oxygen atoms in total. The number of amides is 2. The highest BCUT2D eigenvalue weighted by Crippen LogP contribution is 1.97. The summed E-state index contributed by atoms with van der Waals surface area (Å²) in [6.45, 7) is 8.98. The average Bonchev–Trinajstić information content (AvgIpc) is 2.35. The minimum absolute atomic E-state index is 0.173. The third-order valence-corrected chi connectivity index (χ3v) is 2.26. The number of nitrogens with one attached hydrogen (secondary N) is 2. The molecule has 0 fully saturated rings. The Morgan fingerprint density at radius 2 is 2.06 bits per heavy atom. The first kappa shape index (κ1) is 18.8. The highest BCUT2D eigenvalue weighted by Gasteiger charge is 2.19. The van der Waals surface area contributed by atoms with Crippen molar-refractivity contribution in [3.05, 3.63) is 24.8 Å². The molecular formula is C12H21N3O2S. The smallest absolute Gasteiger partial charge is 0.244 e. The third-order valence-electron chi connectivity index (χ3n) is 1.71. The molecule has 6 heteroatoms. The molecule has 1 unspecified atom stereocenters. The fraction of sp³-hybridized carbons (Fsp3) is 0.417. The van der Waals surface area contributed by atoms with Crippen LogP contribution in [0.15, 0.2) is 24.8 Å². The van der Waals surface area contributed by atoms with Gasteiger partial charge in [-0.2, -0.15) is 11.8 Å². The van der Waals surface area contributed by atoms with Crippen LogP contribution < -0.4 is 11.1 Å². The maximum absolute atomic E-state index is 11.1. The van der Waals surface area contributed by atoms with Crippen LogP contribution >= 0.6 is 11.8 Å². The van der Waals surface area contributed by atoms with E-state index in [1.54, 1.807) is 6.26 Å². The Bertz CT molecular complexity index is 316. The lowest BCUT2D eigenvalue weighted by Crippen LogP contribution is -2.46. The molecule has 4 N–H and O–H groups in total. The topological polar surface area (TPSA) is 96.0 Å². The Labute approximate surface area is 112 Å². The van der Waals surface area contributed by atoms with Crippen LogP contribution in [0.25, 0.3) is 0 Å². The van der Waals surface area contributed by atoms with E-state index in [2.05, 4.69) is 25.4 Å². The molecule has 0 aliphatic carbocycles. The third kappa shape index (κ3) is 9.65. The van der Waals surface area contributed by atoms with Gasteiger partial charge in [-0.3, -0.25) is 9.59 Å². The molecule has 0 rings (SSSR count). The minimum atomic E-state index is -0.979. The quantitative estimate of drug-likeness (QED) is 0.478. The monoisotopic (exact) mass is 271 g/mol. The summed E-state index contributed by atoms with van der Waals surface area (Å²) >= 11 is 1.33. The molecule has 0 aliphatic rings. The van der Waals surface area contributed by atoms with Crippen molar-refractivity contribution < 1.29 is 9.59 Å². The Morgan fingerprint density at radius 3 is 2.33 bits per heavy atom. The number of rotatable bonds is 7. The van der Waals surface area contributed by atoms with Gasteiger partial charge in [-0.15, -0.1) is 6.58 Å². The van der Waals surface area contributed by atoms with Gasteiger partial charge in [0.1, 0.15) is 6.04 Å². The first-order valence-corrected chi connectivity index (χ1v) is 6.71. The van der Waals surface area contributed by atoms with Crippen LogP contribution in [-0.4, -0.2) is 36.1 Å². The van der Waals surface area contributed by atoms with E-state index >= 15 is 0 Å². The van der Waals surface area contributed by atoms with Crippen LogP contribution in [0, 0.1) is 5.41 Å². The normalized spacial score (nSPS) is 10.3. The Balaban J connectivity index is 0. The van der Waals surface area contributed by atoms with Gasteiger partial charge in [0, 0.05) is 6.21 Å². The number of nitrogens with two attached hydrogens (primary N) is 1. The van der Waals surface area contributed by atoms with E-state index < -0.39 is 11.9 Å². The van der Waals surface area contributed by atoms with E-state index in [0.29, 0.717) is 0 Å². The van der Waals surface area contributed by atoms with Crippen molar-refractivity contribution in [2.75, 3.05) is 12.0 Å². The van der Waals surface area contributed by atoms with E-state index in [1.165, 1.54) is 11.8 Å². The molecule has 0 spiro atoms. The second kappa shape index (κ2) is 11.9. The van der Waals surface area contributed by atoms with Gasteiger partial charge in [-0.1, -0.05) is 19.6 Å². The number of carbonyl (C=O) groups is 2. The summed E-state index contributed by atoms with van der Waals surface area (Å²) in [6, 6.07) is -0.979. The number of allylic oxidation sites excluding steroid dienone is 1. The van der Waals surface area contributed by atoms with Crippen LogP contribution in [0.3, 0.4) is 0 Å². The predicted octanol–water partition coefficient (Wildman–Crippen LogP) is 1.11. The molecule has 0 saturated heterocycles. The first-order valence-electron chi connectivity index (χ1n) is 5.32. The Morgan fingerprint density at radius 1 is 1.56 bits per heavy atom. The molecule has 102 valence electrons. The zero-order valence-corrected chi connectivity index (χ0v) is 11.7. The molecule has 1 atom stereocenters. The van der Waals surface area contributed by atoms with Crippen molar-refractivity contribution in [1.29, 1.82) is 5.41 Å². The van der Waals surface area contributed by atoms with Crippen molar-refractivity contribution in [3.8, 4) is 0 Å².